The van der Waals surface area contributed by atoms with Crippen LogP contribution in [0.15, 0.2) is 23.6 Å². The first-order valence-corrected chi connectivity index (χ1v) is 6.14. The smallest absolute Gasteiger partial charge is 0.159 e. The van der Waals surface area contributed by atoms with Gasteiger partial charge in [-0.15, -0.1) is 11.3 Å². The fourth-order valence-corrected chi connectivity index (χ4v) is 2.36. The van der Waals surface area contributed by atoms with Gasteiger partial charge in [-0.05, 0) is 32.0 Å². The van der Waals surface area contributed by atoms with Gasteiger partial charge >= 0.3 is 0 Å². The van der Waals surface area contributed by atoms with E-state index in [2.05, 4.69) is 11.1 Å². The summed E-state index contributed by atoms with van der Waals surface area (Å²) in [5, 5.41) is 11.4. The Balaban J connectivity index is 2.42. The first kappa shape index (κ1) is 12.7. The highest BCUT2D eigenvalue weighted by Crippen LogP contribution is 2.30. The summed E-state index contributed by atoms with van der Waals surface area (Å²) in [5.74, 6) is -1.78. The van der Waals surface area contributed by atoms with E-state index >= 15 is 0 Å². The highest BCUT2D eigenvalue weighted by molar-refractivity contribution is 7.13. The van der Waals surface area contributed by atoms with E-state index in [0.29, 0.717) is 16.3 Å². The van der Waals surface area contributed by atoms with Crippen molar-refractivity contribution in [2.45, 2.75) is 19.3 Å². The van der Waals surface area contributed by atoms with Crippen molar-refractivity contribution in [2.24, 2.45) is 0 Å². The Morgan fingerprint density at radius 1 is 1.28 bits per heavy atom. The number of halogens is 2. The first-order chi connectivity index (χ1) is 8.44. The van der Waals surface area contributed by atoms with Crippen LogP contribution in [-0.2, 0) is 5.41 Å². The number of nitriles is 1. The molecule has 0 aliphatic heterocycles. The lowest BCUT2D eigenvalue weighted by atomic mass is 9.92. The van der Waals surface area contributed by atoms with Gasteiger partial charge in [0.15, 0.2) is 11.6 Å². The van der Waals surface area contributed by atoms with E-state index in [-0.39, 0.29) is 0 Å². The van der Waals surface area contributed by atoms with Crippen LogP contribution in [-0.4, -0.2) is 4.98 Å². The molecule has 0 bridgehead atoms. The van der Waals surface area contributed by atoms with E-state index in [4.69, 9.17) is 5.26 Å². The monoisotopic (exact) mass is 264 g/mol. The predicted molar refractivity (Wildman–Crippen MR) is 66.1 cm³/mol. The summed E-state index contributed by atoms with van der Waals surface area (Å²) in [6, 6.07) is 5.80. The normalized spacial score (nSPS) is 11.3. The van der Waals surface area contributed by atoms with Crippen LogP contribution >= 0.6 is 11.3 Å². The summed E-state index contributed by atoms with van der Waals surface area (Å²) >= 11 is 1.31. The minimum atomic E-state index is -0.899. The van der Waals surface area contributed by atoms with Crippen LogP contribution in [0.2, 0.25) is 0 Å². The average molecular weight is 264 g/mol. The maximum atomic E-state index is 13.1. The van der Waals surface area contributed by atoms with Crippen LogP contribution < -0.4 is 0 Å². The molecular weight excluding hydrogens is 254 g/mol. The molecule has 0 saturated carbocycles. The summed E-state index contributed by atoms with van der Waals surface area (Å²) in [6.07, 6.45) is 0. The lowest BCUT2D eigenvalue weighted by Crippen LogP contribution is -2.14. The van der Waals surface area contributed by atoms with Gasteiger partial charge in [-0.1, -0.05) is 0 Å². The molecular formula is C13H10F2N2S. The van der Waals surface area contributed by atoms with Crippen LogP contribution in [0, 0.1) is 23.0 Å². The largest absolute Gasteiger partial charge is 0.239 e. The van der Waals surface area contributed by atoms with Gasteiger partial charge in [-0.2, -0.15) is 5.26 Å². The number of nitrogens with zero attached hydrogens (tertiary/aromatic N) is 2. The zero-order valence-corrected chi connectivity index (χ0v) is 10.7. The van der Waals surface area contributed by atoms with Crippen LogP contribution in [0.1, 0.15) is 19.5 Å². The molecule has 0 aliphatic rings. The standard InChI is InChI=1S/C13H10F2N2S/c1-13(2,7-16)11-6-18-12(17-11)8-3-4-9(14)10(15)5-8/h3-6H,1-2H3. The molecule has 5 heteroatoms. The van der Waals surface area contributed by atoms with Gasteiger partial charge in [0, 0.05) is 10.9 Å². The Labute approximate surface area is 108 Å². The third kappa shape index (κ3) is 2.24. The fourth-order valence-electron chi connectivity index (χ4n) is 1.38. The van der Waals surface area contributed by atoms with Crippen molar-refractivity contribution < 1.29 is 8.78 Å². The van der Waals surface area contributed by atoms with Crippen LogP contribution in [0.3, 0.4) is 0 Å². The van der Waals surface area contributed by atoms with Gasteiger partial charge in [-0.3, -0.25) is 0 Å². The molecule has 0 saturated heterocycles. The molecule has 0 fully saturated rings. The molecule has 0 N–H and O–H groups in total. The van der Waals surface area contributed by atoms with Crippen molar-refractivity contribution in [1.29, 1.82) is 5.26 Å². The molecule has 0 amide bonds. The predicted octanol–water partition coefficient (Wildman–Crippen LogP) is 3.89. The summed E-state index contributed by atoms with van der Waals surface area (Å²) in [5.41, 5.74) is 0.460. The highest BCUT2D eigenvalue weighted by atomic mass is 32.1. The van der Waals surface area contributed by atoms with Crippen molar-refractivity contribution in [3.05, 3.63) is 40.9 Å². The number of benzene rings is 1. The lowest BCUT2D eigenvalue weighted by Gasteiger charge is -2.10. The van der Waals surface area contributed by atoms with Crippen molar-refractivity contribution in [3.63, 3.8) is 0 Å². The molecule has 2 rings (SSSR count). The average Bonchev–Trinajstić information content (AvgIpc) is 2.83. The molecule has 0 radical (unpaired) electrons. The van der Waals surface area contributed by atoms with Crippen molar-refractivity contribution in [3.8, 4) is 16.6 Å². The Morgan fingerprint density at radius 2 is 2.00 bits per heavy atom. The minimum Gasteiger partial charge on any atom is -0.239 e. The number of hydrogen-bond acceptors (Lipinski definition) is 3. The SMILES string of the molecule is CC(C)(C#N)c1csc(-c2ccc(F)c(F)c2)n1. The van der Waals surface area contributed by atoms with E-state index < -0.39 is 17.0 Å². The van der Waals surface area contributed by atoms with Gasteiger partial charge in [-0.25, -0.2) is 13.8 Å². The third-order valence-corrected chi connectivity index (χ3v) is 3.48. The molecule has 1 aromatic carbocycles. The minimum absolute atomic E-state index is 0.513. The van der Waals surface area contributed by atoms with E-state index in [0.717, 1.165) is 12.1 Å². The van der Waals surface area contributed by atoms with E-state index in [9.17, 15) is 8.78 Å². The Bertz CT molecular complexity index is 626. The molecule has 0 atom stereocenters. The number of thiazole rings is 1. The molecule has 0 spiro atoms. The maximum absolute atomic E-state index is 13.1. The van der Waals surface area contributed by atoms with Crippen molar-refractivity contribution in [2.75, 3.05) is 0 Å². The third-order valence-electron chi connectivity index (χ3n) is 2.59. The zero-order valence-electron chi connectivity index (χ0n) is 9.87. The Hall–Kier alpha value is -1.80. The van der Waals surface area contributed by atoms with Crippen molar-refractivity contribution >= 4 is 11.3 Å². The van der Waals surface area contributed by atoms with Gasteiger partial charge in [0.25, 0.3) is 0 Å². The summed E-state index contributed by atoms with van der Waals surface area (Å²) in [4.78, 5) is 4.30. The molecule has 1 heterocycles. The van der Waals surface area contributed by atoms with E-state index in [1.165, 1.54) is 17.4 Å². The number of hydrogen-bond donors (Lipinski definition) is 0. The zero-order chi connectivity index (χ0) is 13.3. The molecule has 2 aromatic rings. The Kier molecular flexibility index (Phi) is 3.14. The lowest BCUT2D eigenvalue weighted by molar-refractivity contribution is 0.509. The molecule has 18 heavy (non-hydrogen) atoms. The molecule has 2 nitrogen and oxygen atoms in total. The summed E-state index contributed by atoms with van der Waals surface area (Å²) in [7, 11) is 0. The number of aromatic nitrogens is 1. The fraction of sp³-hybridized carbons (Fsp3) is 0.231. The first-order valence-electron chi connectivity index (χ1n) is 5.27. The van der Waals surface area contributed by atoms with Crippen molar-refractivity contribution in [1.82, 2.24) is 4.98 Å². The van der Waals surface area contributed by atoms with Gasteiger partial charge in [0.05, 0.1) is 17.2 Å². The van der Waals surface area contributed by atoms with Gasteiger partial charge in [0.1, 0.15) is 5.01 Å². The molecule has 1 aromatic heterocycles. The molecule has 0 unspecified atom stereocenters. The second-order valence-electron chi connectivity index (χ2n) is 4.40. The summed E-state index contributed by atoms with van der Waals surface area (Å²) < 4.78 is 25.9. The second-order valence-corrected chi connectivity index (χ2v) is 5.26. The molecule has 0 aliphatic carbocycles. The number of rotatable bonds is 2. The quantitative estimate of drug-likeness (QED) is 0.825. The van der Waals surface area contributed by atoms with Crippen LogP contribution in [0.5, 0.6) is 0 Å². The topological polar surface area (TPSA) is 36.7 Å². The van der Waals surface area contributed by atoms with Gasteiger partial charge < -0.3 is 0 Å². The van der Waals surface area contributed by atoms with Gasteiger partial charge in [0.2, 0.25) is 0 Å². The highest BCUT2D eigenvalue weighted by Gasteiger charge is 2.23. The Morgan fingerprint density at radius 3 is 2.61 bits per heavy atom. The second kappa shape index (κ2) is 4.46. The van der Waals surface area contributed by atoms with E-state index in [1.54, 1.807) is 19.2 Å². The van der Waals surface area contributed by atoms with Crippen LogP contribution in [0.25, 0.3) is 10.6 Å². The molecule has 92 valence electrons. The van der Waals surface area contributed by atoms with Crippen LogP contribution in [0.4, 0.5) is 8.78 Å². The summed E-state index contributed by atoms with van der Waals surface area (Å²) in [6.45, 7) is 3.52. The van der Waals surface area contributed by atoms with E-state index in [1.807, 2.05) is 0 Å². The maximum Gasteiger partial charge on any atom is 0.159 e.